The Morgan fingerprint density at radius 2 is 1.90 bits per heavy atom. The summed E-state index contributed by atoms with van der Waals surface area (Å²) < 4.78 is 1.56. The molecular formula is C14H18N4OS. The maximum absolute atomic E-state index is 12.1. The lowest BCUT2D eigenvalue weighted by Gasteiger charge is -2.18. The van der Waals surface area contributed by atoms with Crippen LogP contribution in [0, 0.1) is 0 Å². The van der Waals surface area contributed by atoms with Gasteiger partial charge in [-0.3, -0.25) is 4.79 Å². The van der Waals surface area contributed by atoms with Crippen LogP contribution in [0.2, 0.25) is 0 Å². The number of Topliss-reactive ketones (excluding diaryl/α,β-unsaturated/α-hetero) is 1. The number of benzene rings is 1. The van der Waals surface area contributed by atoms with Crippen LogP contribution in [0.3, 0.4) is 0 Å². The number of nitrogens with zero attached hydrogens (tertiary/aromatic N) is 4. The van der Waals surface area contributed by atoms with Crippen LogP contribution in [0.25, 0.3) is 0 Å². The predicted octanol–water partition coefficient (Wildman–Crippen LogP) is 2.48. The molecule has 0 saturated heterocycles. The third kappa shape index (κ3) is 3.45. The molecule has 0 atom stereocenters. The monoisotopic (exact) mass is 290 g/mol. The van der Waals surface area contributed by atoms with Gasteiger partial charge in [-0.25, -0.2) is 4.68 Å². The molecule has 5 nitrogen and oxygen atoms in total. The van der Waals surface area contributed by atoms with Gasteiger partial charge in [0.05, 0.1) is 5.75 Å². The van der Waals surface area contributed by atoms with E-state index in [-0.39, 0.29) is 11.2 Å². The van der Waals surface area contributed by atoms with Crippen LogP contribution in [0.5, 0.6) is 0 Å². The van der Waals surface area contributed by atoms with Crippen molar-refractivity contribution in [1.82, 2.24) is 20.2 Å². The summed E-state index contributed by atoms with van der Waals surface area (Å²) >= 11 is 1.34. The third-order valence-electron chi connectivity index (χ3n) is 2.99. The molecule has 0 radical (unpaired) electrons. The Morgan fingerprint density at radius 1 is 1.25 bits per heavy atom. The number of carbonyl (C=O) groups is 1. The highest BCUT2D eigenvalue weighted by molar-refractivity contribution is 7.99. The summed E-state index contributed by atoms with van der Waals surface area (Å²) in [6.45, 7) is 6.46. The quantitative estimate of drug-likeness (QED) is 0.639. The molecule has 2 aromatic rings. The minimum Gasteiger partial charge on any atom is -0.293 e. The van der Waals surface area contributed by atoms with E-state index in [9.17, 15) is 4.79 Å². The fourth-order valence-corrected chi connectivity index (χ4v) is 2.46. The van der Waals surface area contributed by atoms with Crippen molar-refractivity contribution >= 4 is 17.5 Å². The Hall–Kier alpha value is -1.69. The molecular weight excluding hydrogens is 272 g/mol. The maximum atomic E-state index is 12.1. The van der Waals surface area contributed by atoms with Crippen molar-refractivity contribution in [3.05, 3.63) is 35.4 Å². The summed E-state index contributed by atoms with van der Waals surface area (Å²) in [5, 5.41) is 11.8. The van der Waals surface area contributed by atoms with Crippen molar-refractivity contribution in [2.45, 2.75) is 31.3 Å². The standard InChI is InChI=1S/C14H18N4OS/c1-14(2,3)11-7-5-10(6-8-11)12(19)9-20-13-15-16-17-18(13)4/h5-8H,9H2,1-4H3. The number of ketones is 1. The van der Waals surface area contributed by atoms with Gasteiger partial charge < -0.3 is 0 Å². The molecule has 0 spiro atoms. The zero-order valence-electron chi connectivity index (χ0n) is 12.1. The summed E-state index contributed by atoms with van der Waals surface area (Å²) in [5.74, 6) is 0.418. The number of thioether (sulfide) groups is 1. The predicted molar refractivity (Wildman–Crippen MR) is 79.0 cm³/mol. The lowest BCUT2D eigenvalue weighted by molar-refractivity contribution is 0.102. The van der Waals surface area contributed by atoms with Gasteiger partial charge in [-0.15, -0.1) is 5.10 Å². The van der Waals surface area contributed by atoms with Crippen LogP contribution in [0.4, 0.5) is 0 Å². The van der Waals surface area contributed by atoms with Gasteiger partial charge in [0.25, 0.3) is 0 Å². The highest BCUT2D eigenvalue weighted by Gasteiger charge is 2.15. The van der Waals surface area contributed by atoms with Crippen molar-refractivity contribution in [2.24, 2.45) is 7.05 Å². The van der Waals surface area contributed by atoms with Crippen LogP contribution in [0.15, 0.2) is 29.4 Å². The fourth-order valence-electron chi connectivity index (χ4n) is 1.71. The van der Waals surface area contributed by atoms with Crippen LogP contribution >= 0.6 is 11.8 Å². The van der Waals surface area contributed by atoms with Crippen molar-refractivity contribution in [2.75, 3.05) is 5.75 Å². The molecule has 0 amide bonds. The summed E-state index contributed by atoms with van der Waals surface area (Å²) in [6.07, 6.45) is 0. The molecule has 2 rings (SSSR count). The summed E-state index contributed by atoms with van der Waals surface area (Å²) in [4.78, 5) is 12.1. The fraction of sp³-hybridized carbons (Fsp3) is 0.429. The first kappa shape index (κ1) is 14.7. The molecule has 1 aromatic carbocycles. The summed E-state index contributed by atoms with van der Waals surface area (Å²) in [7, 11) is 1.75. The molecule has 0 unspecified atom stereocenters. The van der Waals surface area contributed by atoms with Crippen LogP contribution in [0.1, 0.15) is 36.7 Å². The lowest BCUT2D eigenvalue weighted by atomic mass is 9.86. The number of aryl methyl sites for hydroxylation is 1. The number of rotatable bonds is 4. The van der Waals surface area contributed by atoms with Crippen molar-refractivity contribution < 1.29 is 4.79 Å². The zero-order chi connectivity index (χ0) is 14.8. The van der Waals surface area contributed by atoms with E-state index >= 15 is 0 Å². The topological polar surface area (TPSA) is 60.7 Å². The molecule has 0 aliphatic rings. The van der Waals surface area contributed by atoms with Gasteiger partial charge in [0, 0.05) is 12.6 Å². The molecule has 0 aliphatic carbocycles. The number of hydrogen-bond donors (Lipinski definition) is 0. The highest BCUT2D eigenvalue weighted by Crippen LogP contribution is 2.23. The van der Waals surface area contributed by atoms with Crippen LogP contribution in [-0.4, -0.2) is 31.7 Å². The Balaban J connectivity index is 2.01. The molecule has 1 heterocycles. The Bertz CT molecular complexity index is 598. The van der Waals surface area contributed by atoms with Crippen LogP contribution in [-0.2, 0) is 12.5 Å². The molecule has 0 aliphatic heterocycles. The summed E-state index contributed by atoms with van der Waals surface area (Å²) in [5.41, 5.74) is 2.04. The van der Waals surface area contributed by atoms with Crippen molar-refractivity contribution in [3.8, 4) is 0 Å². The van der Waals surface area contributed by atoms with Crippen molar-refractivity contribution in [3.63, 3.8) is 0 Å². The van der Waals surface area contributed by atoms with E-state index < -0.39 is 0 Å². The van der Waals surface area contributed by atoms with E-state index in [0.29, 0.717) is 10.9 Å². The van der Waals surface area contributed by atoms with Gasteiger partial charge in [0.2, 0.25) is 5.16 Å². The average Bonchev–Trinajstić information content (AvgIpc) is 2.81. The SMILES string of the molecule is Cn1nnnc1SCC(=O)c1ccc(C(C)(C)C)cc1. The second kappa shape index (κ2) is 5.75. The molecule has 0 N–H and O–H groups in total. The first-order valence-electron chi connectivity index (χ1n) is 6.37. The lowest BCUT2D eigenvalue weighted by Crippen LogP contribution is -2.11. The first-order chi connectivity index (χ1) is 9.38. The summed E-state index contributed by atoms with van der Waals surface area (Å²) in [6, 6.07) is 7.81. The van der Waals surface area contributed by atoms with Gasteiger partial charge in [-0.1, -0.05) is 56.8 Å². The molecule has 0 saturated carbocycles. The molecule has 6 heteroatoms. The average molecular weight is 290 g/mol. The normalized spacial score (nSPS) is 11.6. The second-order valence-electron chi connectivity index (χ2n) is 5.62. The minimum absolute atomic E-state index is 0.0819. The van der Waals surface area contributed by atoms with Gasteiger partial charge in [0.15, 0.2) is 5.78 Å². The highest BCUT2D eigenvalue weighted by atomic mass is 32.2. The molecule has 0 bridgehead atoms. The van der Waals surface area contributed by atoms with Gasteiger partial charge in [0.1, 0.15) is 0 Å². The largest absolute Gasteiger partial charge is 0.293 e. The molecule has 106 valence electrons. The molecule has 0 fully saturated rings. The van der Waals surface area contributed by atoms with E-state index in [0.717, 1.165) is 5.56 Å². The Labute approximate surface area is 122 Å². The second-order valence-corrected chi connectivity index (χ2v) is 6.57. The van der Waals surface area contributed by atoms with E-state index in [1.807, 2.05) is 24.3 Å². The van der Waals surface area contributed by atoms with Gasteiger partial charge in [-0.2, -0.15) is 0 Å². The van der Waals surface area contributed by atoms with E-state index in [2.05, 4.69) is 36.3 Å². The Kier molecular flexibility index (Phi) is 4.23. The van der Waals surface area contributed by atoms with Crippen molar-refractivity contribution in [1.29, 1.82) is 0 Å². The third-order valence-corrected chi connectivity index (χ3v) is 4.00. The van der Waals surface area contributed by atoms with E-state index in [1.165, 1.54) is 17.3 Å². The van der Waals surface area contributed by atoms with Gasteiger partial charge >= 0.3 is 0 Å². The smallest absolute Gasteiger partial charge is 0.209 e. The zero-order valence-corrected chi connectivity index (χ0v) is 12.9. The number of tetrazole rings is 1. The maximum Gasteiger partial charge on any atom is 0.209 e. The number of carbonyl (C=O) groups excluding carboxylic acids is 1. The van der Waals surface area contributed by atoms with Crippen LogP contribution < -0.4 is 0 Å². The van der Waals surface area contributed by atoms with Gasteiger partial charge in [-0.05, 0) is 21.4 Å². The number of aromatic nitrogens is 4. The first-order valence-corrected chi connectivity index (χ1v) is 7.35. The van der Waals surface area contributed by atoms with E-state index in [1.54, 1.807) is 11.7 Å². The Morgan fingerprint density at radius 3 is 2.40 bits per heavy atom. The number of hydrogen-bond acceptors (Lipinski definition) is 5. The van der Waals surface area contributed by atoms with E-state index in [4.69, 9.17) is 0 Å². The minimum atomic E-state index is 0.0819. The molecule has 20 heavy (non-hydrogen) atoms. The molecule has 1 aromatic heterocycles.